The van der Waals surface area contributed by atoms with Crippen LogP contribution in [-0.4, -0.2) is 31.0 Å². The van der Waals surface area contributed by atoms with Crippen LogP contribution >= 0.6 is 0 Å². The van der Waals surface area contributed by atoms with E-state index in [1.165, 1.54) is 0 Å². The summed E-state index contributed by atoms with van der Waals surface area (Å²) in [5.74, 6) is 0.00632. The van der Waals surface area contributed by atoms with Gasteiger partial charge in [0.2, 0.25) is 5.91 Å². The van der Waals surface area contributed by atoms with Crippen LogP contribution in [0.5, 0.6) is 0 Å². The smallest absolute Gasteiger partial charge is 0.224 e. The molecule has 1 aromatic heterocycles. The Labute approximate surface area is 134 Å². The summed E-state index contributed by atoms with van der Waals surface area (Å²) in [5.41, 5.74) is 2.45. The molecule has 122 valence electrons. The number of nitrogens with one attached hydrogen (secondary N) is 1. The Morgan fingerprint density at radius 1 is 1.35 bits per heavy atom. The van der Waals surface area contributed by atoms with E-state index in [1.807, 2.05) is 37.3 Å². The molecule has 0 saturated carbocycles. The third-order valence-electron chi connectivity index (χ3n) is 4.09. The topological polar surface area (TPSA) is 89.3 Å². The van der Waals surface area contributed by atoms with Crippen molar-refractivity contribution in [1.29, 1.82) is 0 Å². The SMILES string of the molecule is Cc1c(CNC(=O)C2CCS(=O)(=O)C2)noc1-c1ccccc1. The number of hydrogen-bond donors (Lipinski definition) is 1. The molecule has 3 rings (SSSR count). The van der Waals surface area contributed by atoms with Crippen molar-refractivity contribution in [2.24, 2.45) is 5.92 Å². The van der Waals surface area contributed by atoms with E-state index < -0.39 is 15.8 Å². The molecular formula is C16H18N2O4S. The molecule has 1 fully saturated rings. The van der Waals surface area contributed by atoms with Gasteiger partial charge in [-0.25, -0.2) is 8.42 Å². The zero-order valence-electron chi connectivity index (χ0n) is 12.8. The zero-order valence-corrected chi connectivity index (χ0v) is 13.6. The first-order chi connectivity index (χ1) is 11.0. The molecule has 1 amide bonds. The molecule has 1 aromatic carbocycles. The molecule has 6 nitrogen and oxygen atoms in total. The monoisotopic (exact) mass is 334 g/mol. The van der Waals surface area contributed by atoms with Crippen molar-refractivity contribution < 1.29 is 17.7 Å². The first-order valence-electron chi connectivity index (χ1n) is 7.45. The Morgan fingerprint density at radius 2 is 2.09 bits per heavy atom. The minimum atomic E-state index is -3.06. The van der Waals surface area contributed by atoms with Gasteiger partial charge in [-0.15, -0.1) is 0 Å². The first-order valence-corrected chi connectivity index (χ1v) is 9.27. The molecule has 7 heteroatoms. The van der Waals surface area contributed by atoms with E-state index in [2.05, 4.69) is 10.5 Å². The number of hydrogen-bond acceptors (Lipinski definition) is 5. The Kier molecular flexibility index (Phi) is 4.21. The molecule has 1 aliphatic heterocycles. The third-order valence-corrected chi connectivity index (χ3v) is 5.86. The lowest BCUT2D eigenvalue weighted by Gasteiger charge is -2.08. The minimum absolute atomic E-state index is 0.0636. The lowest BCUT2D eigenvalue weighted by Crippen LogP contribution is -2.31. The van der Waals surface area contributed by atoms with Gasteiger partial charge in [0.25, 0.3) is 0 Å². The molecule has 2 heterocycles. The maximum absolute atomic E-state index is 12.1. The van der Waals surface area contributed by atoms with Crippen LogP contribution in [0.2, 0.25) is 0 Å². The molecule has 1 unspecified atom stereocenters. The summed E-state index contributed by atoms with van der Waals surface area (Å²) < 4.78 is 28.2. The Hall–Kier alpha value is -2.15. The van der Waals surface area contributed by atoms with Crippen LogP contribution in [0.1, 0.15) is 17.7 Å². The van der Waals surface area contributed by atoms with Gasteiger partial charge in [0.15, 0.2) is 15.6 Å². The number of carbonyl (C=O) groups is 1. The van der Waals surface area contributed by atoms with Crippen LogP contribution < -0.4 is 5.32 Å². The van der Waals surface area contributed by atoms with E-state index in [1.54, 1.807) is 0 Å². The third kappa shape index (κ3) is 3.44. The highest BCUT2D eigenvalue weighted by Crippen LogP contribution is 2.25. The van der Waals surface area contributed by atoms with Crippen molar-refractivity contribution in [2.45, 2.75) is 19.9 Å². The van der Waals surface area contributed by atoms with Gasteiger partial charge in [0.1, 0.15) is 5.69 Å². The molecule has 1 N–H and O–H groups in total. The van der Waals surface area contributed by atoms with Gasteiger partial charge in [-0.3, -0.25) is 4.79 Å². The zero-order chi connectivity index (χ0) is 16.4. The van der Waals surface area contributed by atoms with Crippen LogP contribution in [0.3, 0.4) is 0 Å². The molecule has 2 aromatic rings. The fourth-order valence-electron chi connectivity index (χ4n) is 2.71. The van der Waals surface area contributed by atoms with Crippen molar-refractivity contribution in [1.82, 2.24) is 10.5 Å². The summed E-state index contributed by atoms with van der Waals surface area (Å²) in [6.45, 7) is 2.12. The van der Waals surface area contributed by atoms with Crippen molar-refractivity contribution in [3.8, 4) is 11.3 Å². The second-order valence-electron chi connectivity index (χ2n) is 5.77. The van der Waals surface area contributed by atoms with Crippen LogP contribution in [0.25, 0.3) is 11.3 Å². The molecule has 0 spiro atoms. The van der Waals surface area contributed by atoms with E-state index in [0.717, 1.165) is 11.1 Å². The molecule has 23 heavy (non-hydrogen) atoms. The van der Waals surface area contributed by atoms with E-state index in [4.69, 9.17) is 4.52 Å². The number of benzene rings is 1. The van der Waals surface area contributed by atoms with Gasteiger partial charge in [0.05, 0.1) is 24.0 Å². The van der Waals surface area contributed by atoms with Crippen molar-refractivity contribution in [3.63, 3.8) is 0 Å². The van der Waals surface area contributed by atoms with Gasteiger partial charge >= 0.3 is 0 Å². The van der Waals surface area contributed by atoms with Crippen LogP contribution in [0.15, 0.2) is 34.9 Å². The number of rotatable bonds is 4. The van der Waals surface area contributed by atoms with Gasteiger partial charge in [-0.1, -0.05) is 35.5 Å². The first kappa shape index (κ1) is 15.7. The van der Waals surface area contributed by atoms with Gasteiger partial charge in [0, 0.05) is 11.1 Å². The summed E-state index contributed by atoms with van der Waals surface area (Å²) in [7, 11) is -3.06. The number of sulfone groups is 1. The lowest BCUT2D eigenvalue weighted by atomic mass is 10.1. The fourth-order valence-corrected chi connectivity index (χ4v) is 4.45. The highest BCUT2D eigenvalue weighted by molar-refractivity contribution is 7.91. The molecule has 0 aliphatic carbocycles. The summed E-state index contributed by atoms with van der Waals surface area (Å²) in [6, 6.07) is 9.61. The van der Waals surface area contributed by atoms with Crippen LogP contribution in [0.4, 0.5) is 0 Å². The minimum Gasteiger partial charge on any atom is -0.356 e. The number of carbonyl (C=O) groups excluding carboxylic acids is 1. The number of amides is 1. The normalized spacial score (nSPS) is 19.6. The van der Waals surface area contributed by atoms with E-state index in [-0.39, 0.29) is 24.0 Å². The maximum atomic E-state index is 12.1. The number of nitrogens with zero attached hydrogens (tertiary/aromatic N) is 1. The molecular weight excluding hydrogens is 316 g/mol. The Balaban J connectivity index is 1.66. The fraction of sp³-hybridized carbons (Fsp3) is 0.375. The van der Waals surface area contributed by atoms with Crippen molar-refractivity contribution >= 4 is 15.7 Å². The Morgan fingerprint density at radius 3 is 2.74 bits per heavy atom. The summed E-state index contributed by atoms with van der Waals surface area (Å²) >= 11 is 0. The van der Waals surface area contributed by atoms with Crippen LogP contribution in [-0.2, 0) is 21.2 Å². The standard InChI is InChI=1S/C16H18N2O4S/c1-11-14(18-22-15(11)12-5-3-2-4-6-12)9-17-16(19)13-7-8-23(20,21)10-13/h2-6,13H,7-10H2,1H3,(H,17,19). The molecule has 0 radical (unpaired) electrons. The Bertz CT molecular complexity index is 812. The summed E-state index contributed by atoms with van der Waals surface area (Å²) in [5, 5.41) is 6.77. The molecule has 1 atom stereocenters. The predicted octanol–water partition coefficient (Wildman–Crippen LogP) is 1.70. The van der Waals surface area contributed by atoms with Crippen molar-refractivity contribution in [2.75, 3.05) is 11.5 Å². The quantitative estimate of drug-likeness (QED) is 0.919. The molecule has 0 bridgehead atoms. The largest absolute Gasteiger partial charge is 0.356 e. The lowest BCUT2D eigenvalue weighted by molar-refractivity contribution is -0.124. The average Bonchev–Trinajstić information content (AvgIpc) is 3.08. The highest BCUT2D eigenvalue weighted by atomic mass is 32.2. The van der Waals surface area contributed by atoms with Crippen molar-refractivity contribution in [3.05, 3.63) is 41.6 Å². The summed E-state index contributed by atoms with van der Waals surface area (Å²) in [6.07, 6.45) is 0.390. The average molecular weight is 334 g/mol. The van der Waals surface area contributed by atoms with E-state index in [0.29, 0.717) is 17.9 Å². The van der Waals surface area contributed by atoms with Gasteiger partial charge in [-0.2, -0.15) is 0 Å². The van der Waals surface area contributed by atoms with E-state index >= 15 is 0 Å². The highest BCUT2D eigenvalue weighted by Gasteiger charge is 2.32. The maximum Gasteiger partial charge on any atom is 0.224 e. The predicted molar refractivity (Wildman–Crippen MR) is 85.3 cm³/mol. The molecule has 1 aliphatic rings. The van der Waals surface area contributed by atoms with Crippen LogP contribution in [0, 0.1) is 12.8 Å². The number of aromatic nitrogens is 1. The second-order valence-corrected chi connectivity index (χ2v) is 8.00. The van der Waals surface area contributed by atoms with E-state index in [9.17, 15) is 13.2 Å². The van der Waals surface area contributed by atoms with Gasteiger partial charge in [-0.05, 0) is 13.3 Å². The summed E-state index contributed by atoms with van der Waals surface area (Å²) in [4.78, 5) is 12.1. The second kappa shape index (κ2) is 6.16. The molecule has 1 saturated heterocycles. The van der Waals surface area contributed by atoms with Gasteiger partial charge < -0.3 is 9.84 Å².